The van der Waals surface area contributed by atoms with Crippen LogP contribution in [0.25, 0.3) is 0 Å². The number of rotatable bonds is 8. The van der Waals surface area contributed by atoms with Crippen LogP contribution in [0.5, 0.6) is 5.75 Å². The van der Waals surface area contributed by atoms with E-state index in [1.165, 1.54) is 0 Å². The van der Waals surface area contributed by atoms with Gasteiger partial charge in [-0.05, 0) is 68.4 Å². The minimum atomic E-state index is -2.64. The number of benzene rings is 1. The van der Waals surface area contributed by atoms with Crippen molar-refractivity contribution in [2.24, 2.45) is 5.92 Å². The van der Waals surface area contributed by atoms with Crippen LogP contribution in [0.15, 0.2) is 35.1 Å². The molecule has 248 valence electrons. The molecular weight excluding hydrogens is 610 g/mol. The first kappa shape index (κ1) is 31.8. The second-order valence-electron chi connectivity index (χ2n) is 13.3. The van der Waals surface area contributed by atoms with Crippen LogP contribution in [0.4, 0.5) is 34.3 Å². The fourth-order valence-electron chi connectivity index (χ4n) is 6.10. The van der Waals surface area contributed by atoms with Gasteiger partial charge in [-0.3, -0.25) is 0 Å². The van der Waals surface area contributed by atoms with Crippen LogP contribution in [0.1, 0.15) is 69.7 Å². The van der Waals surface area contributed by atoms with Crippen LogP contribution in [0, 0.1) is 17.6 Å². The summed E-state index contributed by atoms with van der Waals surface area (Å²) >= 11 is 0. The Balaban J connectivity index is 1.02. The monoisotopic (exact) mass is 647 g/mol. The standard InChI is InChI=1S/C31H37F4N7O4/c1-30(2,3)45-29(43)38-25-16-42(15-23(25)22-10-20(32)4-5-24(22)33)27-36-13-21(14-37-27)44-17-18-6-8-41(9-7-18)28-39-26(46-40-28)19-11-31(34,35)12-19/h4-5,10,13-14,18-19,23,25H,6-9,11-12,15-17H2,1-3H3,(H,38,43)/t23-,25+/m1/s1. The maximum absolute atomic E-state index is 14.8. The van der Waals surface area contributed by atoms with Crippen LogP contribution >= 0.6 is 0 Å². The van der Waals surface area contributed by atoms with Gasteiger partial charge in [-0.1, -0.05) is 0 Å². The first-order chi connectivity index (χ1) is 21.8. The predicted octanol–water partition coefficient (Wildman–Crippen LogP) is 5.44. The average molecular weight is 648 g/mol. The van der Waals surface area contributed by atoms with Crippen molar-refractivity contribution in [3.8, 4) is 5.75 Å². The molecule has 1 aromatic carbocycles. The fourth-order valence-corrected chi connectivity index (χ4v) is 6.10. The molecule has 1 saturated carbocycles. The number of hydrogen-bond donors (Lipinski definition) is 1. The van der Waals surface area contributed by atoms with E-state index in [2.05, 4.69) is 25.4 Å². The Hall–Kier alpha value is -4.17. The van der Waals surface area contributed by atoms with E-state index in [1.807, 2.05) is 4.90 Å². The number of nitrogens with one attached hydrogen (secondary N) is 1. The van der Waals surface area contributed by atoms with Crippen LogP contribution in [0.2, 0.25) is 0 Å². The zero-order valence-electron chi connectivity index (χ0n) is 25.9. The van der Waals surface area contributed by atoms with Gasteiger partial charge in [0.15, 0.2) is 5.75 Å². The summed E-state index contributed by atoms with van der Waals surface area (Å²) in [4.78, 5) is 29.6. The van der Waals surface area contributed by atoms with Gasteiger partial charge in [0.1, 0.15) is 17.2 Å². The molecule has 1 aliphatic carbocycles. The molecule has 6 rings (SSSR count). The van der Waals surface area contributed by atoms with Gasteiger partial charge in [-0.25, -0.2) is 32.3 Å². The van der Waals surface area contributed by atoms with Crippen molar-refractivity contribution >= 4 is 18.0 Å². The topological polar surface area (TPSA) is 119 Å². The van der Waals surface area contributed by atoms with Crippen molar-refractivity contribution in [3.63, 3.8) is 0 Å². The molecule has 3 aliphatic rings. The number of piperidine rings is 1. The van der Waals surface area contributed by atoms with E-state index in [1.54, 1.807) is 38.1 Å². The number of alkyl carbamates (subject to hydrolysis) is 1. The molecule has 3 aromatic rings. The number of ether oxygens (including phenoxy) is 2. The number of carbonyl (C=O) groups is 1. The third-order valence-electron chi connectivity index (χ3n) is 8.53. The highest BCUT2D eigenvalue weighted by Gasteiger charge is 2.48. The van der Waals surface area contributed by atoms with Gasteiger partial charge in [0, 0.05) is 50.9 Å². The molecule has 1 amide bonds. The number of nitrogens with zero attached hydrogens (tertiary/aromatic N) is 6. The number of carbonyl (C=O) groups excluding carboxylic acids is 1. The summed E-state index contributed by atoms with van der Waals surface area (Å²) in [6, 6.07) is 2.69. The van der Waals surface area contributed by atoms with Gasteiger partial charge in [-0.15, -0.1) is 0 Å². The van der Waals surface area contributed by atoms with Crippen LogP contribution in [0.3, 0.4) is 0 Å². The number of aromatic nitrogens is 4. The number of anilines is 2. The van der Waals surface area contributed by atoms with Crippen molar-refractivity contribution < 1.29 is 36.4 Å². The Morgan fingerprint density at radius 3 is 2.46 bits per heavy atom. The van der Waals surface area contributed by atoms with Crippen LogP contribution < -0.4 is 19.9 Å². The lowest BCUT2D eigenvalue weighted by Gasteiger charge is -2.32. The van der Waals surface area contributed by atoms with Gasteiger partial charge in [0.05, 0.1) is 25.0 Å². The highest BCUT2D eigenvalue weighted by atomic mass is 19.3. The third-order valence-corrected chi connectivity index (χ3v) is 8.53. The van der Waals surface area contributed by atoms with Gasteiger partial charge < -0.3 is 29.1 Å². The maximum Gasteiger partial charge on any atom is 0.407 e. The van der Waals surface area contributed by atoms with Gasteiger partial charge in [0.25, 0.3) is 5.95 Å². The number of alkyl halides is 2. The third kappa shape index (κ3) is 7.44. The number of amides is 1. The van der Waals surface area contributed by atoms with Crippen molar-refractivity contribution in [1.82, 2.24) is 25.4 Å². The van der Waals surface area contributed by atoms with Gasteiger partial charge in [0.2, 0.25) is 17.8 Å². The summed E-state index contributed by atoms with van der Waals surface area (Å²) in [6.45, 7) is 7.56. The SMILES string of the molecule is CC(C)(C)OC(=O)N[C@H]1CN(c2ncc(OCC3CCN(c4noc(C5CC(F)(F)C5)n4)CC3)cn2)C[C@@H]1c1cc(F)ccc1F. The summed E-state index contributed by atoms with van der Waals surface area (Å²) in [5, 5.41) is 6.80. The molecule has 3 fully saturated rings. The molecule has 11 nitrogen and oxygen atoms in total. The Morgan fingerprint density at radius 2 is 1.78 bits per heavy atom. The minimum Gasteiger partial charge on any atom is -0.490 e. The molecule has 46 heavy (non-hydrogen) atoms. The molecule has 2 atom stereocenters. The van der Waals surface area contributed by atoms with E-state index in [0.717, 1.165) is 31.0 Å². The lowest BCUT2D eigenvalue weighted by Crippen LogP contribution is -2.43. The van der Waals surface area contributed by atoms with E-state index in [-0.39, 0.29) is 49.2 Å². The van der Waals surface area contributed by atoms with Crippen LogP contribution in [-0.4, -0.2) is 76.6 Å². The molecule has 0 spiro atoms. The Bertz CT molecular complexity index is 1520. The Labute approximate surface area is 263 Å². The van der Waals surface area contributed by atoms with Crippen LogP contribution in [-0.2, 0) is 4.74 Å². The maximum atomic E-state index is 14.8. The molecule has 15 heteroatoms. The number of halogens is 4. The first-order valence-electron chi connectivity index (χ1n) is 15.4. The van der Waals surface area contributed by atoms with E-state index in [0.29, 0.717) is 37.3 Å². The zero-order chi connectivity index (χ0) is 32.6. The quantitative estimate of drug-likeness (QED) is 0.317. The summed E-state index contributed by atoms with van der Waals surface area (Å²) < 4.78 is 71.9. The molecule has 2 aliphatic heterocycles. The average Bonchev–Trinajstić information content (AvgIpc) is 3.64. The van der Waals surface area contributed by atoms with E-state index in [9.17, 15) is 22.4 Å². The Morgan fingerprint density at radius 1 is 1.07 bits per heavy atom. The summed E-state index contributed by atoms with van der Waals surface area (Å²) in [5.41, 5.74) is -0.576. The van der Waals surface area contributed by atoms with Crippen molar-refractivity contribution in [3.05, 3.63) is 53.7 Å². The lowest BCUT2D eigenvalue weighted by atomic mass is 9.81. The van der Waals surface area contributed by atoms with Gasteiger partial charge >= 0.3 is 6.09 Å². The van der Waals surface area contributed by atoms with E-state index in [4.69, 9.17) is 14.0 Å². The van der Waals surface area contributed by atoms with Crippen molar-refractivity contribution in [2.75, 3.05) is 42.6 Å². The zero-order valence-corrected chi connectivity index (χ0v) is 25.9. The summed E-state index contributed by atoms with van der Waals surface area (Å²) in [6.07, 6.45) is 3.61. The second-order valence-corrected chi connectivity index (χ2v) is 13.3. The Kier molecular flexibility index (Phi) is 8.68. The summed E-state index contributed by atoms with van der Waals surface area (Å²) in [5.74, 6) is -2.91. The lowest BCUT2D eigenvalue weighted by molar-refractivity contribution is -0.0925. The smallest absolute Gasteiger partial charge is 0.407 e. The first-order valence-corrected chi connectivity index (χ1v) is 15.4. The molecule has 1 N–H and O–H groups in total. The molecular formula is C31H37F4N7O4. The molecule has 4 heterocycles. The number of hydrogen-bond acceptors (Lipinski definition) is 10. The molecule has 0 radical (unpaired) electrons. The minimum absolute atomic E-state index is 0.150. The largest absolute Gasteiger partial charge is 0.490 e. The van der Waals surface area contributed by atoms with Crippen molar-refractivity contribution in [1.29, 1.82) is 0 Å². The van der Waals surface area contributed by atoms with E-state index >= 15 is 0 Å². The molecule has 0 unspecified atom stereocenters. The highest BCUT2D eigenvalue weighted by Crippen LogP contribution is 2.48. The predicted molar refractivity (Wildman–Crippen MR) is 158 cm³/mol. The normalized spacial score (nSPS) is 22.1. The van der Waals surface area contributed by atoms with Crippen molar-refractivity contribution in [2.45, 2.75) is 75.9 Å². The second kappa shape index (κ2) is 12.6. The fraction of sp³-hybridized carbons (Fsp3) is 0.581. The summed E-state index contributed by atoms with van der Waals surface area (Å²) in [7, 11) is 0. The molecule has 0 bridgehead atoms. The highest BCUT2D eigenvalue weighted by molar-refractivity contribution is 5.68. The molecule has 2 saturated heterocycles. The van der Waals surface area contributed by atoms with E-state index < -0.39 is 41.2 Å². The van der Waals surface area contributed by atoms with Gasteiger partial charge in [-0.2, -0.15) is 4.98 Å². The molecule has 2 aromatic heterocycles.